The number of aromatic nitrogens is 4. The van der Waals surface area contributed by atoms with Crippen molar-refractivity contribution in [1.29, 1.82) is 0 Å². The van der Waals surface area contributed by atoms with Crippen molar-refractivity contribution in [1.82, 2.24) is 20.0 Å². The average molecular weight is 472 g/mol. The van der Waals surface area contributed by atoms with Crippen LogP contribution in [0.15, 0.2) is 30.3 Å². The van der Waals surface area contributed by atoms with E-state index in [1.54, 1.807) is 6.07 Å². The Kier molecular flexibility index (Phi) is 5.90. The summed E-state index contributed by atoms with van der Waals surface area (Å²) >= 11 is 6.06. The summed E-state index contributed by atoms with van der Waals surface area (Å²) in [6.07, 6.45) is -9.53. The first-order valence-electron chi connectivity index (χ1n) is 7.70. The molecule has 0 atom stereocenters. The van der Waals surface area contributed by atoms with Crippen LogP contribution in [-0.4, -0.2) is 32.5 Å². The predicted molar refractivity (Wildman–Crippen MR) is 92.6 cm³/mol. The Labute approximate surface area is 172 Å². The van der Waals surface area contributed by atoms with Gasteiger partial charge in [0.25, 0.3) is 5.91 Å². The van der Waals surface area contributed by atoms with Gasteiger partial charge in [0.2, 0.25) is 16.0 Å². The summed E-state index contributed by atoms with van der Waals surface area (Å²) in [4.78, 5) is 11.9. The van der Waals surface area contributed by atoms with E-state index in [0.717, 1.165) is 4.68 Å². The van der Waals surface area contributed by atoms with E-state index in [1.165, 1.54) is 18.2 Å². The molecule has 0 radical (unpaired) electrons. The Morgan fingerprint density at radius 3 is 2.43 bits per heavy atom. The lowest BCUT2D eigenvalue weighted by Crippen LogP contribution is -2.21. The van der Waals surface area contributed by atoms with Gasteiger partial charge in [0.05, 0.1) is 10.7 Å². The molecule has 0 unspecified atom stereocenters. The number of hydrogen-bond donors (Lipinski definition) is 1. The number of ether oxygens (including phenoxy) is 1. The molecule has 2 heterocycles. The summed E-state index contributed by atoms with van der Waals surface area (Å²) in [5.74, 6) is -1.43. The SMILES string of the molecule is O=C(COc1cc(C(F)(F)F)nn1-c1ccccc1Cl)Nc1nnc(C(F)(F)F)s1. The molecule has 1 amide bonds. The number of nitrogens with one attached hydrogen (secondary N) is 1. The first-order chi connectivity index (χ1) is 13.9. The third-order valence-electron chi connectivity index (χ3n) is 3.31. The third-order valence-corrected chi connectivity index (χ3v) is 4.52. The summed E-state index contributed by atoms with van der Waals surface area (Å²) in [6, 6.07) is 6.40. The number of amides is 1. The molecule has 0 saturated carbocycles. The summed E-state index contributed by atoms with van der Waals surface area (Å²) in [5.41, 5.74) is -1.24. The van der Waals surface area contributed by atoms with Gasteiger partial charge in [-0.05, 0) is 12.1 Å². The first-order valence-corrected chi connectivity index (χ1v) is 8.90. The number of anilines is 1. The average Bonchev–Trinajstić information content (AvgIpc) is 3.27. The van der Waals surface area contributed by atoms with Crippen molar-refractivity contribution < 1.29 is 35.9 Å². The zero-order valence-electron chi connectivity index (χ0n) is 14.3. The van der Waals surface area contributed by atoms with Crippen LogP contribution in [0.4, 0.5) is 31.5 Å². The lowest BCUT2D eigenvalue weighted by Gasteiger charge is -2.10. The largest absolute Gasteiger partial charge is 0.467 e. The second-order valence-corrected chi connectivity index (χ2v) is 6.86. The second kappa shape index (κ2) is 8.10. The van der Waals surface area contributed by atoms with E-state index in [9.17, 15) is 31.1 Å². The minimum absolute atomic E-state index is 0.0593. The number of carbonyl (C=O) groups is 1. The van der Waals surface area contributed by atoms with Crippen LogP contribution in [0, 0.1) is 0 Å². The zero-order valence-corrected chi connectivity index (χ0v) is 15.8. The highest BCUT2D eigenvalue weighted by Gasteiger charge is 2.37. The molecule has 0 aliphatic rings. The van der Waals surface area contributed by atoms with Gasteiger partial charge in [-0.3, -0.25) is 10.1 Å². The molecule has 1 N–H and O–H groups in total. The maximum Gasteiger partial charge on any atom is 0.445 e. The molecule has 0 bridgehead atoms. The van der Waals surface area contributed by atoms with Crippen molar-refractivity contribution in [3.8, 4) is 11.6 Å². The van der Waals surface area contributed by atoms with Crippen molar-refractivity contribution in [2.75, 3.05) is 11.9 Å². The highest BCUT2D eigenvalue weighted by Crippen LogP contribution is 2.34. The van der Waals surface area contributed by atoms with Crippen LogP contribution >= 0.6 is 22.9 Å². The maximum atomic E-state index is 13.0. The summed E-state index contributed by atoms with van der Waals surface area (Å²) in [6.45, 7) is -0.839. The van der Waals surface area contributed by atoms with Gasteiger partial charge in [0, 0.05) is 6.07 Å². The van der Waals surface area contributed by atoms with Crippen LogP contribution in [0.3, 0.4) is 0 Å². The number of benzene rings is 1. The molecule has 0 fully saturated rings. The zero-order chi connectivity index (χ0) is 22.1. The third kappa shape index (κ3) is 4.99. The number of nitrogens with zero attached hydrogens (tertiary/aromatic N) is 4. The number of halogens is 7. The molecular weight excluding hydrogens is 464 g/mol. The number of carbonyl (C=O) groups excluding carboxylic acids is 1. The maximum absolute atomic E-state index is 13.0. The topological polar surface area (TPSA) is 81.9 Å². The van der Waals surface area contributed by atoms with Gasteiger partial charge in [-0.2, -0.15) is 36.1 Å². The van der Waals surface area contributed by atoms with Crippen LogP contribution in [0.1, 0.15) is 10.7 Å². The Hall–Kier alpha value is -2.87. The summed E-state index contributed by atoms with van der Waals surface area (Å²) < 4.78 is 82.5. The monoisotopic (exact) mass is 471 g/mol. The predicted octanol–water partition coefficient (Wildman–Crippen LogP) is 4.43. The van der Waals surface area contributed by atoms with Crippen LogP contribution in [-0.2, 0) is 17.1 Å². The highest BCUT2D eigenvalue weighted by molar-refractivity contribution is 7.15. The highest BCUT2D eigenvalue weighted by atomic mass is 35.5. The van der Waals surface area contributed by atoms with Crippen molar-refractivity contribution in [3.63, 3.8) is 0 Å². The van der Waals surface area contributed by atoms with Gasteiger partial charge in [-0.15, -0.1) is 10.2 Å². The number of hydrogen-bond acceptors (Lipinski definition) is 6. The van der Waals surface area contributed by atoms with E-state index in [2.05, 4.69) is 15.3 Å². The summed E-state index contributed by atoms with van der Waals surface area (Å²) in [7, 11) is 0. The molecule has 7 nitrogen and oxygen atoms in total. The Morgan fingerprint density at radius 1 is 1.13 bits per heavy atom. The quantitative estimate of drug-likeness (QED) is 0.557. The number of para-hydroxylation sites is 1. The van der Waals surface area contributed by atoms with Crippen LogP contribution < -0.4 is 10.1 Å². The van der Waals surface area contributed by atoms with Crippen molar-refractivity contribution in [3.05, 3.63) is 46.1 Å². The molecule has 0 spiro atoms. The van der Waals surface area contributed by atoms with Gasteiger partial charge >= 0.3 is 12.4 Å². The van der Waals surface area contributed by atoms with Gasteiger partial charge in [0.1, 0.15) is 0 Å². The van der Waals surface area contributed by atoms with E-state index in [1.807, 2.05) is 5.32 Å². The fourth-order valence-corrected chi connectivity index (χ4v) is 2.93. The van der Waals surface area contributed by atoms with Crippen LogP contribution in [0.5, 0.6) is 5.88 Å². The van der Waals surface area contributed by atoms with Gasteiger partial charge in [-0.1, -0.05) is 35.1 Å². The molecule has 1 aromatic carbocycles. The molecule has 2 aromatic heterocycles. The molecule has 0 saturated heterocycles. The molecule has 0 aliphatic heterocycles. The molecular formula is C15H8ClF6N5O2S. The number of alkyl halides is 6. The Bertz CT molecular complexity index is 1060. The summed E-state index contributed by atoms with van der Waals surface area (Å²) in [5, 5.41) is 9.82. The normalized spacial score (nSPS) is 12.1. The molecule has 160 valence electrons. The minimum Gasteiger partial charge on any atom is -0.467 e. The van der Waals surface area contributed by atoms with Crippen molar-refractivity contribution in [2.24, 2.45) is 0 Å². The first kappa shape index (κ1) is 21.8. The minimum atomic E-state index is -4.80. The van der Waals surface area contributed by atoms with Crippen LogP contribution in [0.25, 0.3) is 5.69 Å². The van der Waals surface area contributed by atoms with Crippen molar-refractivity contribution in [2.45, 2.75) is 12.4 Å². The Balaban J connectivity index is 1.77. The van der Waals surface area contributed by atoms with Gasteiger partial charge in [-0.25, -0.2) is 0 Å². The van der Waals surface area contributed by atoms with Crippen molar-refractivity contribution >= 4 is 34.0 Å². The Morgan fingerprint density at radius 2 is 1.83 bits per heavy atom. The smallest absolute Gasteiger partial charge is 0.445 e. The lowest BCUT2D eigenvalue weighted by molar-refractivity contribution is -0.141. The second-order valence-electron chi connectivity index (χ2n) is 5.48. The van der Waals surface area contributed by atoms with Crippen LogP contribution in [0.2, 0.25) is 5.02 Å². The standard InChI is InChI=1S/C15H8ClF6N5O2S/c16-7-3-1-2-4-8(7)27-11(5-9(26-27)14(17,18)19)29-6-10(28)23-13-25-24-12(30-13)15(20,21)22/h1-5H,6H2,(H,23,25,28). The van der Waals surface area contributed by atoms with E-state index in [4.69, 9.17) is 16.3 Å². The van der Waals surface area contributed by atoms with E-state index < -0.39 is 46.6 Å². The molecule has 0 aliphatic carbocycles. The molecule has 15 heteroatoms. The molecule has 3 rings (SSSR count). The van der Waals surface area contributed by atoms with Gasteiger partial charge in [0.15, 0.2) is 12.3 Å². The molecule has 30 heavy (non-hydrogen) atoms. The fourth-order valence-electron chi connectivity index (χ4n) is 2.08. The lowest BCUT2D eigenvalue weighted by atomic mass is 10.3. The fraction of sp³-hybridized carbons (Fsp3) is 0.200. The van der Waals surface area contributed by atoms with E-state index >= 15 is 0 Å². The van der Waals surface area contributed by atoms with E-state index in [0.29, 0.717) is 6.07 Å². The number of rotatable bonds is 5. The molecule has 3 aromatic rings. The van der Waals surface area contributed by atoms with Gasteiger partial charge < -0.3 is 4.74 Å². The van der Waals surface area contributed by atoms with E-state index in [-0.39, 0.29) is 22.0 Å².